The molecule has 0 aliphatic carbocycles. The lowest BCUT2D eigenvalue weighted by atomic mass is 10.1. The summed E-state index contributed by atoms with van der Waals surface area (Å²) in [5.41, 5.74) is 3.42. The number of anilines is 5. The monoisotopic (exact) mass is 533 g/mol. The van der Waals surface area contributed by atoms with Crippen LogP contribution in [0.15, 0.2) is 61.3 Å². The Hall–Kier alpha value is -4.13. The maximum absolute atomic E-state index is 14.2. The molecule has 4 rings (SSSR count). The molecule has 38 heavy (non-hydrogen) atoms. The Morgan fingerprint density at radius 2 is 1.95 bits per heavy atom. The number of carbonyl (C=O) groups excluding carboxylic acids is 1. The minimum absolute atomic E-state index is 0.155. The molecule has 8 nitrogen and oxygen atoms in total. The molecule has 1 fully saturated rings. The summed E-state index contributed by atoms with van der Waals surface area (Å²) in [7, 11) is 0. The third kappa shape index (κ3) is 6.59. The minimum Gasteiger partial charge on any atom is -0.380 e. The van der Waals surface area contributed by atoms with E-state index in [4.69, 9.17) is 11.6 Å². The third-order valence-corrected chi connectivity index (χ3v) is 6.64. The van der Waals surface area contributed by atoms with Crippen molar-refractivity contribution in [3.8, 4) is 6.07 Å². The van der Waals surface area contributed by atoms with Gasteiger partial charge in [-0.15, -0.1) is 0 Å². The zero-order valence-corrected chi connectivity index (χ0v) is 21.9. The highest BCUT2D eigenvalue weighted by Crippen LogP contribution is 2.32. The van der Waals surface area contributed by atoms with Gasteiger partial charge in [0.05, 0.1) is 22.6 Å². The highest BCUT2D eigenvalue weighted by molar-refractivity contribution is 6.30. The number of hydrogen-bond acceptors (Lipinski definition) is 7. The summed E-state index contributed by atoms with van der Waals surface area (Å²) in [6.07, 6.45) is 2.65. The average molecular weight is 534 g/mol. The van der Waals surface area contributed by atoms with E-state index in [-0.39, 0.29) is 12.5 Å². The molecule has 1 aromatic heterocycles. The summed E-state index contributed by atoms with van der Waals surface area (Å²) < 4.78 is 14.2. The van der Waals surface area contributed by atoms with Crippen LogP contribution in [0.5, 0.6) is 0 Å². The lowest BCUT2D eigenvalue weighted by molar-refractivity contribution is -0.111. The fourth-order valence-electron chi connectivity index (χ4n) is 4.20. The maximum atomic E-state index is 14.2. The molecule has 1 saturated heterocycles. The number of halogens is 2. The van der Waals surface area contributed by atoms with Gasteiger partial charge in [-0.2, -0.15) is 5.26 Å². The Bertz CT molecular complexity index is 1370. The van der Waals surface area contributed by atoms with Crippen LogP contribution in [0.3, 0.4) is 0 Å². The Morgan fingerprint density at radius 3 is 2.63 bits per heavy atom. The molecule has 3 aromatic rings. The van der Waals surface area contributed by atoms with Gasteiger partial charge in [-0.3, -0.25) is 4.79 Å². The standard InChI is InChI=1S/C28H29ClFN7O/c1-3-28(38)35-26-14-22(37-11-9-36(4-2)10-12-37)7-8-24(26)34-27-15-25(20(16-31)18-33-27)32-17-19-5-6-21(29)13-23(19)30/h3,5-8,13-15,18H,1,4,9-12,17H2,2H3,(H,35,38)(H2,32,33,34). The molecule has 0 unspecified atom stereocenters. The number of pyridine rings is 1. The summed E-state index contributed by atoms with van der Waals surface area (Å²) in [6.45, 7) is 10.7. The second-order valence-corrected chi connectivity index (χ2v) is 9.22. The first kappa shape index (κ1) is 26.9. The Balaban J connectivity index is 1.56. The SMILES string of the molecule is C=CC(=O)Nc1cc(N2CCN(CC)CC2)ccc1Nc1cc(NCc2ccc(Cl)cc2F)c(C#N)cn1. The van der Waals surface area contributed by atoms with E-state index in [1.54, 1.807) is 18.2 Å². The number of hydrogen-bond donors (Lipinski definition) is 3. The average Bonchev–Trinajstić information content (AvgIpc) is 2.93. The van der Waals surface area contributed by atoms with Crippen LogP contribution in [0.4, 0.5) is 33.0 Å². The summed E-state index contributed by atoms with van der Waals surface area (Å²) >= 11 is 5.84. The van der Waals surface area contributed by atoms with Crippen LogP contribution in [0.2, 0.25) is 5.02 Å². The van der Waals surface area contributed by atoms with Crippen molar-refractivity contribution in [2.45, 2.75) is 13.5 Å². The highest BCUT2D eigenvalue weighted by Gasteiger charge is 2.18. The number of nitrogens with zero attached hydrogens (tertiary/aromatic N) is 4. The molecule has 196 valence electrons. The molecule has 0 saturated carbocycles. The van der Waals surface area contributed by atoms with E-state index in [0.29, 0.717) is 39.0 Å². The zero-order chi connectivity index (χ0) is 27.1. The van der Waals surface area contributed by atoms with Gasteiger partial charge in [0.25, 0.3) is 0 Å². The third-order valence-electron chi connectivity index (χ3n) is 6.40. The quantitative estimate of drug-likeness (QED) is 0.318. The van der Waals surface area contributed by atoms with Crippen molar-refractivity contribution < 1.29 is 9.18 Å². The Kier molecular flexibility index (Phi) is 8.79. The smallest absolute Gasteiger partial charge is 0.247 e. The number of piperazine rings is 1. The van der Waals surface area contributed by atoms with Crippen LogP contribution < -0.4 is 20.9 Å². The van der Waals surface area contributed by atoms with Gasteiger partial charge in [0.15, 0.2) is 0 Å². The highest BCUT2D eigenvalue weighted by atomic mass is 35.5. The number of nitriles is 1. The van der Waals surface area contributed by atoms with Crippen molar-refractivity contribution in [1.29, 1.82) is 5.26 Å². The lowest BCUT2D eigenvalue weighted by Gasteiger charge is -2.35. The van der Waals surface area contributed by atoms with Crippen LogP contribution in [0.25, 0.3) is 0 Å². The molecule has 1 aliphatic rings. The van der Waals surface area contributed by atoms with Crippen LogP contribution >= 0.6 is 11.6 Å². The Labute approximate surface area is 226 Å². The van der Waals surface area contributed by atoms with E-state index >= 15 is 0 Å². The molecule has 10 heteroatoms. The molecule has 2 heterocycles. The maximum Gasteiger partial charge on any atom is 0.247 e. The second-order valence-electron chi connectivity index (χ2n) is 8.79. The van der Waals surface area contributed by atoms with Crippen molar-refractivity contribution in [2.24, 2.45) is 0 Å². The van der Waals surface area contributed by atoms with Crippen molar-refractivity contribution in [3.05, 3.63) is 83.3 Å². The van der Waals surface area contributed by atoms with Gasteiger partial charge in [-0.05, 0) is 43.0 Å². The second kappa shape index (κ2) is 12.4. The molecule has 0 bridgehead atoms. The van der Waals surface area contributed by atoms with E-state index in [1.165, 1.54) is 18.3 Å². The predicted octanol–water partition coefficient (Wildman–Crippen LogP) is 5.37. The van der Waals surface area contributed by atoms with E-state index in [1.807, 2.05) is 18.2 Å². The predicted molar refractivity (Wildman–Crippen MR) is 151 cm³/mol. The van der Waals surface area contributed by atoms with Crippen molar-refractivity contribution in [1.82, 2.24) is 9.88 Å². The van der Waals surface area contributed by atoms with E-state index in [9.17, 15) is 14.4 Å². The Morgan fingerprint density at radius 1 is 1.16 bits per heavy atom. The number of carbonyl (C=O) groups is 1. The lowest BCUT2D eigenvalue weighted by Crippen LogP contribution is -2.46. The largest absolute Gasteiger partial charge is 0.380 e. The van der Waals surface area contributed by atoms with Crippen molar-refractivity contribution in [3.63, 3.8) is 0 Å². The van der Waals surface area contributed by atoms with Gasteiger partial charge in [-0.1, -0.05) is 31.2 Å². The molecule has 0 atom stereocenters. The van der Waals surface area contributed by atoms with Gasteiger partial charge in [0, 0.05) is 61.3 Å². The van der Waals surface area contributed by atoms with Crippen LogP contribution in [-0.2, 0) is 11.3 Å². The fraction of sp³-hybridized carbons (Fsp3) is 0.250. The number of rotatable bonds is 9. The van der Waals surface area contributed by atoms with Gasteiger partial charge in [0.2, 0.25) is 5.91 Å². The fourth-order valence-corrected chi connectivity index (χ4v) is 4.36. The first-order valence-corrected chi connectivity index (χ1v) is 12.7. The van der Waals surface area contributed by atoms with Crippen molar-refractivity contribution >= 4 is 46.1 Å². The summed E-state index contributed by atoms with van der Waals surface area (Å²) in [6, 6.07) is 14.0. The topological polar surface area (TPSA) is 96.3 Å². The molecular weight excluding hydrogens is 505 g/mol. The zero-order valence-electron chi connectivity index (χ0n) is 21.1. The first-order chi connectivity index (χ1) is 18.4. The molecule has 1 amide bonds. The summed E-state index contributed by atoms with van der Waals surface area (Å²) in [5.74, 6) is -0.322. The van der Waals surface area contributed by atoms with Crippen LogP contribution in [0.1, 0.15) is 18.1 Å². The molecule has 1 aliphatic heterocycles. The molecule has 2 aromatic carbocycles. The molecule has 0 radical (unpaired) electrons. The van der Waals surface area contributed by atoms with E-state index in [2.05, 4.69) is 50.3 Å². The number of likely N-dealkylation sites (N-methyl/N-ethyl adjacent to an activating group) is 1. The van der Waals surface area contributed by atoms with Gasteiger partial charge >= 0.3 is 0 Å². The normalized spacial score (nSPS) is 13.5. The minimum atomic E-state index is -0.435. The van der Waals surface area contributed by atoms with Crippen LogP contribution in [0, 0.1) is 17.1 Å². The number of aromatic nitrogens is 1. The molecule has 3 N–H and O–H groups in total. The molecule has 0 spiro atoms. The number of benzene rings is 2. The van der Waals surface area contributed by atoms with E-state index < -0.39 is 5.82 Å². The van der Waals surface area contributed by atoms with Crippen LogP contribution in [-0.4, -0.2) is 48.5 Å². The summed E-state index contributed by atoms with van der Waals surface area (Å²) in [4.78, 5) is 21.2. The van der Waals surface area contributed by atoms with Crippen molar-refractivity contribution in [2.75, 3.05) is 53.6 Å². The number of nitrogens with one attached hydrogen (secondary N) is 3. The first-order valence-electron chi connectivity index (χ1n) is 12.3. The van der Waals surface area contributed by atoms with Gasteiger partial charge < -0.3 is 25.8 Å². The van der Waals surface area contributed by atoms with E-state index in [0.717, 1.165) is 38.4 Å². The summed E-state index contributed by atoms with van der Waals surface area (Å²) in [5, 5.41) is 19.1. The van der Waals surface area contributed by atoms with Gasteiger partial charge in [-0.25, -0.2) is 9.37 Å². The number of amides is 1. The molecular formula is C28H29ClFN7O. The van der Waals surface area contributed by atoms with Gasteiger partial charge in [0.1, 0.15) is 17.7 Å².